The van der Waals surface area contributed by atoms with Crippen molar-refractivity contribution in [2.75, 3.05) is 26.4 Å². The lowest BCUT2D eigenvalue weighted by Crippen LogP contribution is -2.38. The van der Waals surface area contributed by atoms with E-state index in [9.17, 15) is 14.5 Å². The molecule has 26 heavy (non-hydrogen) atoms. The third-order valence-electron chi connectivity index (χ3n) is 3.08. The molecule has 1 N–H and O–H groups in total. The van der Waals surface area contributed by atoms with E-state index in [4.69, 9.17) is 30.5 Å². The number of esters is 2. The van der Waals surface area contributed by atoms with Gasteiger partial charge in [0.15, 0.2) is 5.72 Å². The van der Waals surface area contributed by atoms with Crippen molar-refractivity contribution in [3.05, 3.63) is 4.91 Å². The molecule has 9 nitrogen and oxygen atoms in total. The maximum atomic E-state index is 11.7. The summed E-state index contributed by atoms with van der Waals surface area (Å²) in [6.45, 7) is 6.85. The third-order valence-corrected chi connectivity index (χ3v) is 3.08. The zero-order valence-corrected chi connectivity index (χ0v) is 15.6. The number of carbonyl (C=O) groups excluding carboxylic acids is 2. The maximum Gasteiger partial charge on any atom is 0.347 e. The summed E-state index contributed by atoms with van der Waals surface area (Å²) in [7, 11) is 0. The van der Waals surface area contributed by atoms with Crippen LogP contribution in [-0.4, -0.2) is 61.4 Å². The largest absolute Gasteiger partial charge is 0.464 e. The normalized spacial score (nSPS) is 19.1. The van der Waals surface area contributed by atoms with Crippen LogP contribution in [0.25, 0.3) is 0 Å². The lowest BCUT2D eigenvalue weighted by Gasteiger charge is -2.19. The van der Waals surface area contributed by atoms with E-state index in [2.05, 4.69) is 11.1 Å². The van der Waals surface area contributed by atoms with Gasteiger partial charge < -0.3 is 24.1 Å². The van der Waals surface area contributed by atoms with Gasteiger partial charge in [-0.2, -0.15) is 0 Å². The molecule has 0 aromatic heterocycles. The van der Waals surface area contributed by atoms with Crippen molar-refractivity contribution in [2.45, 2.75) is 52.0 Å². The van der Waals surface area contributed by atoms with Crippen LogP contribution in [0.1, 0.15) is 34.1 Å². The molecule has 1 saturated heterocycles. The van der Waals surface area contributed by atoms with Crippen molar-refractivity contribution in [3.8, 4) is 12.3 Å². The Hall–Kier alpha value is -2.02. The fourth-order valence-corrected chi connectivity index (χ4v) is 1.86. The number of terminal acetylenes is 1. The van der Waals surface area contributed by atoms with Gasteiger partial charge in [0.2, 0.25) is 0 Å². The Morgan fingerprint density at radius 2 is 1.81 bits per heavy atom. The Labute approximate surface area is 153 Å². The van der Waals surface area contributed by atoms with Crippen LogP contribution in [0.4, 0.5) is 0 Å². The van der Waals surface area contributed by atoms with Crippen molar-refractivity contribution in [1.29, 1.82) is 0 Å². The highest BCUT2D eigenvalue weighted by Gasteiger charge is 2.34. The van der Waals surface area contributed by atoms with Gasteiger partial charge in [-0.25, -0.2) is 9.59 Å². The number of nitroso groups, excluding NO2 is 1. The van der Waals surface area contributed by atoms with Gasteiger partial charge >= 0.3 is 11.9 Å². The molecule has 0 radical (unpaired) electrons. The second-order valence-electron chi connectivity index (χ2n) is 5.77. The number of hydrogen-bond acceptors (Lipinski definition) is 9. The van der Waals surface area contributed by atoms with Crippen LogP contribution in [-0.2, 0) is 28.5 Å². The van der Waals surface area contributed by atoms with Gasteiger partial charge in [-0.1, -0.05) is 0 Å². The van der Waals surface area contributed by atoms with Crippen LogP contribution in [0.15, 0.2) is 5.18 Å². The average molecular weight is 373 g/mol. The van der Waals surface area contributed by atoms with Crippen LogP contribution >= 0.6 is 0 Å². The molecule has 1 aliphatic heterocycles. The summed E-state index contributed by atoms with van der Waals surface area (Å²) in [5.41, 5.74) is -1.39. The van der Waals surface area contributed by atoms with Gasteiger partial charge in [0.25, 0.3) is 6.10 Å². The Kier molecular flexibility index (Phi) is 11.4. The zero-order chi connectivity index (χ0) is 20.2. The first-order valence-corrected chi connectivity index (χ1v) is 8.29. The molecule has 0 spiro atoms. The molecule has 0 saturated carbocycles. The van der Waals surface area contributed by atoms with Gasteiger partial charge in [-0.15, -0.1) is 17.3 Å². The maximum absolute atomic E-state index is 11.7. The van der Waals surface area contributed by atoms with Gasteiger partial charge in [0.05, 0.1) is 31.8 Å². The van der Waals surface area contributed by atoms with E-state index in [0.29, 0.717) is 6.61 Å². The number of hydrogen-bond donors (Lipinski definition) is 1. The summed E-state index contributed by atoms with van der Waals surface area (Å²) in [6, 6.07) is 0. The first-order chi connectivity index (χ1) is 12.2. The van der Waals surface area contributed by atoms with Crippen molar-refractivity contribution in [1.82, 2.24) is 0 Å². The summed E-state index contributed by atoms with van der Waals surface area (Å²) in [4.78, 5) is 32.7. The van der Waals surface area contributed by atoms with E-state index >= 15 is 0 Å². The molecule has 0 aromatic rings. The fourth-order valence-electron chi connectivity index (χ4n) is 1.86. The fraction of sp³-hybridized carbons (Fsp3) is 0.765. The molecule has 1 aliphatic rings. The van der Waals surface area contributed by atoms with Gasteiger partial charge in [-0.3, -0.25) is 0 Å². The van der Waals surface area contributed by atoms with Crippen molar-refractivity contribution in [3.63, 3.8) is 0 Å². The van der Waals surface area contributed by atoms with E-state index in [1.54, 1.807) is 13.8 Å². The minimum atomic E-state index is -1.39. The van der Waals surface area contributed by atoms with Crippen LogP contribution in [0.5, 0.6) is 0 Å². The van der Waals surface area contributed by atoms with Crippen LogP contribution < -0.4 is 0 Å². The topological polar surface area (TPSA) is 121 Å². The minimum Gasteiger partial charge on any atom is -0.464 e. The Bertz CT molecular complexity index is 476. The van der Waals surface area contributed by atoms with Crippen LogP contribution in [0.3, 0.4) is 0 Å². The summed E-state index contributed by atoms with van der Waals surface area (Å²) in [5.74, 6) is 1.01. The summed E-state index contributed by atoms with van der Waals surface area (Å²) in [6.07, 6.45) is 4.42. The first kappa shape index (κ1) is 24.0. The van der Waals surface area contributed by atoms with Crippen molar-refractivity contribution >= 4 is 11.9 Å². The molecule has 0 aliphatic carbocycles. The lowest BCUT2D eigenvalue weighted by molar-refractivity contribution is -0.175. The number of nitrogens with zero attached hydrogens (tertiary/aromatic N) is 1. The SMILES string of the molecule is C#CC1CCOC1COC(C(=O)OCC)C(=O)OCC.CC(C)(O)N=O. The second-order valence-corrected chi connectivity index (χ2v) is 5.77. The van der Waals surface area contributed by atoms with Gasteiger partial charge in [-0.05, 0) is 39.3 Å². The summed E-state index contributed by atoms with van der Waals surface area (Å²) in [5, 5.41) is 10.7. The van der Waals surface area contributed by atoms with Gasteiger partial charge in [0, 0.05) is 6.61 Å². The van der Waals surface area contributed by atoms with Crippen LogP contribution in [0, 0.1) is 23.2 Å². The van der Waals surface area contributed by atoms with Crippen molar-refractivity contribution in [2.24, 2.45) is 11.1 Å². The third kappa shape index (κ3) is 9.46. The molecule has 1 heterocycles. The second kappa shape index (κ2) is 12.4. The Morgan fingerprint density at radius 1 is 1.31 bits per heavy atom. The standard InChI is InChI=1S/C14H20O6.C3H7NO2/c1-4-10-7-8-19-11(10)9-20-12(13(15)17-5-2)14(16)18-6-3;1-3(2,5)4-6/h1,10-12H,5-9H2,2-3H3;5H,1-2H3. The molecule has 0 aromatic carbocycles. The number of carbonyl (C=O) groups is 2. The molecule has 1 rings (SSSR count). The van der Waals surface area contributed by atoms with E-state index < -0.39 is 23.8 Å². The quantitative estimate of drug-likeness (QED) is 0.290. The molecule has 0 amide bonds. The summed E-state index contributed by atoms with van der Waals surface area (Å²) < 4.78 is 20.3. The van der Waals surface area contributed by atoms with Crippen molar-refractivity contribution < 1.29 is 33.6 Å². The lowest BCUT2D eigenvalue weighted by atomic mass is 10.0. The number of ether oxygens (including phenoxy) is 4. The Morgan fingerprint density at radius 3 is 2.19 bits per heavy atom. The van der Waals surface area contributed by atoms with Gasteiger partial charge in [0.1, 0.15) is 0 Å². The smallest absolute Gasteiger partial charge is 0.347 e. The predicted octanol–water partition coefficient (Wildman–Crippen LogP) is 1.02. The number of rotatable bonds is 8. The van der Waals surface area contributed by atoms with E-state index in [1.165, 1.54) is 13.8 Å². The predicted molar refractivity (Wildman–Crippen MR) is 91.8 cm³/mol. The highest BCUT2D eigenvalue weighted by molar-refractivity contribution is 5.98. The highest BCUT2D eigenvalue weighted by atomic mass is 16.6. The van der Waals surface area contributed by atoms with Crippen LogP contribution in [0.2, 0.25) is 0 Å². The van der Waals surface area contributed by atoms with E-state index in [-0.39, 0.29) is 31.8 Å². The zero-order valence-electron chi connectivity index (χ0n) is 15.6. The number of aliphatic hydroxyl groups is 1. The van der Waals surface area contributed by atoms with E-state index in [0.717, 1.165) is 6.42 Å². The molecule has 9 heteroatoms. The molecule has 2 atom stereocenters. The minimum absolute atomic E-state index is 0.0527. The molecular formula is C17H27NO8. The summed E-state index contributed by atoms with van der Waals surface area (Å²) >= 11 is 0. The Balaban J connectivity index is 0.000000896. The molecule has 1 fully saturated rings. The monoisotopic (exact) mass is 373 g/mol. The average Bonchev–Trinajstić information content (AvgIpc) is 3.03. The first-order valence-electron chi connectivity index (χ1n) is 8.29. The molecule has 2 unspecified atom stereocenters. The van der Waals surface area contributed by atoms with E-state index in [1.807, 2.05) is 0 Å². The highest BCUT2D eigenvalue weighted by Crippen LogP contribution is 2.20. The molecular weight excluding hydrogens is 346 g/mol. The molecule has 148 valence electrons. The molecule has 0 bridgehead atoms.